The van der Waals surface area contributed by atoms with Crippen LogP contribution in [-0.4, -0.2) is 77.9 Å². The lowest BCUT2D eigenvalue weighted by Crippen LogP contribution is -2.58. The average Bonchev–Trinajstić information content (AvgIpc) is 3.93. The number of benzene rings is 2. The van der Waals surface area contributed by atoms with Gasteiger partial charge in [0.25, 0.3) is 0 Å². The summed E-state index contributed by atoms with van der Waals surface area (Å²) in [5.74, 6) is -0.0341. The molecule has 5 aromatic rings. The van der Waals surface area contributed by atoms with Gasteiger partial charge in [-0.15, -0.1) is 32.9 Å². The number of β-amino-alcohol motifs (C(OH)–C–C–N with tert-alkyl or cyclic N) is 1. The summed E-state index contributed by atoms with van der Waals surface area (Å²) in [7, 11) is 0. The number of aryl methyl sites for hydroxylation is 3. The lowest BCUT2D eigenvalue weighted by atomic mass is 9.85. The van der Waals surface area contributed by atoms with Gasteiger partial charge in [-0.3, -0.25) is 23.9 Å². The number of hydrogen-bond donors (Lipinski definition) is 3. The van der Waals surface area contributed by atoms with E-state index in [1.165, 1.54) is 4.90 Å². The topological polar surface area (TPSA) is 155 Å². The molecule has 0 aliphatic carbocycles. The molecular formula is C42H47ClN8O4S2. The first-order valence-electron chi connectivity index (χ1n) is 19.0. The zero-order valence-corrected chi connectivity index (χ0v) is 35.6. The van der Waals surface area contributed by atoms with Gasteiger partial charge in [-0.25, -0.2) is 4.98 Å². The van der Waals surface area contributed by atoms with E-state index in [1.807, 2.05) is 100 Å². The second-order valence-electron chi connectivity index (χ2n) is 16.0. The van der Waals surface area contributed by atoms with Crippen LogP contribution in [0.1, 0.15) is 97.1 Å². The van der Waals surface area contributed by atoms with E-state index in [1.54, 1.807) is 22.7 Å². The van der Waals surface area contributed by atoms with E-state index >= 15 is 0 Å². The number of halogens is 1. The summed E-state index contributed by atoms with van der Waals surface area (Å²) < 4.78 is 1.98. The maximum absolute atomic E-state index is 14.5. The summed E-state index contributed by atoms with van der Waals surface area (Å²) in [4.78, 5) is 55.7. The molecule has 0 unspecified atom stereocenters. The van der Waals surface area contributed by atoms with Crippen LogP contribution in [-0.2, 0) is 14.4 Å². The molecule has 1 fully saturated rings. The lowest BCUT2D eigenvalue weighted by molar-refractivity contribution is -0.144. The van der Waals surface area contributed by atoms with E-state index < -0.39 is 41.5 Å². The molecule has 1 saturated heterocycles. The number of aliphatic hydroxyl groups excluding tert-OH is 1. The lowest BCUT2D eigenvalue weighted by Gasteiger charge is -2.35. The summed E-state index contributed by atoms with van der Waals surface area (Å²) in [5, 5.41) is 27.3. The van der Waals surface area contributed by atoms with Crippen LogP contribution in [0.2, 0.25) is 5.02 Å². The number of likely N-dealkylation sites (tertiary alicyclic amines) is 1. The Morgan fingerprint density at radius 1 is 0.982 bits per heavy atom. The molecule has 2 aromatic carbocycles. The van der Waals surface area contributed by atoms with Crippen LogP contribution in [0, 0.1) is 33.1 Å². The number of rotatable bonds is 9. The number of aromatic nitrogens is 4. The van der Waals surface area contributed by atoms with Crippen molar-refractivity contribution in [2.24, 2.45) is 10.4 Å². The largest absolute Gasteiger partial charge is 0.391 e. The number of carbonyl (C=O) groups is 3. The summed E-state index contributed by atoms with van der Waals surface area (Å²) in [6.07, 6.45) is -0.929. The smallest absolute Gasteiger partial charge is 0.246 e. The van der Waals surface area contributed by atoms with E-state index in [0.717, 1.165) is 54.0 Å². The highest BCUT2D eigenvalue weighted by atomic mass is 35.5. The van der Waals surface area contributed by atoms with Crippen LogP contribution in [0.5, 0.6) is 0 Å². The van der Waals surface area contributed by atoms with Gasteiger partial charge in [-0.2, -0.15) is 0 Å². The minimum Gasteiger partial charge on any atom is -0.391 e. The van der Waals surface area contributed by atoms with Gasteiger partial charge < -0.3 is 20.6 Å². The molecule has 7 rings (SSSR count). The van der Waals surface area contributed by atoms with Gasteiger partial charge >= 0.3 is 0 Å². The Morgan fingerprint density at radius 3 is 2.32 bits per heavy atom. The molecule has 2 aliphatic heterocycles. The van der Waals surface area contributed by atoms with E-state index in [9.17, 15) is 19.5 Å². The van der Waals surface area contributed by atoms with Crippen LogP contribution in [0.4, 0.5) is 0 Å². The molecule has 0 spiro atoms. The second kappa shape index (κ2) is 15.9. The van der Waals surface area contributed by atoms with Crippen molar-refractivity contribution < 1.29 is 19.5 Å². The molecule has 298 valence electrons. The van der Waals surface area contributed by atoms with E-state index in [4.69, 9.17) is 16.6 Å². The number of carbonyl (C=O) groups excluding carboxylic acids is 3. The molecule has 12 nitrogen and oxygen atoms in total. The van der Waals surface area contributed by atoms with Crippen LogP contribution < -0.4 is 10.6 Å². The minimum atomic E-state index is -1.01. The molecule has 0 radical (unpaired) electrons. The predicted octanol–water partition coefficient (Wildman–Crippen LogP) is 6.99. The number of fused-ring (bicyclic) bond motifs is 3. The normalized spacial score (nSPS) is 18.9. The SMILES string of the molecule is Cc1ncsc1-c1ccc([C@H](C)NC(=O)[C@@H]2C[C@@H](O)CN2C(=O)[C@@H](NC(=O)C[C@@H]2N=C(c3ccc(Cl)cc3)c3c(sc(C)c3C)-n3c(C)nnc32)C(C)(C)C)cc1. The van der Waals surface area contributed by atoms with Crippen molar-refractivity contribution in [1.29, 1.82) is 0 Å². The van der Waals surface area contributed by atoms with Crippen LogP contribution in [0.3, 0.4) is 0 Å². The summed E-state index contributed by atoms with van der Waals surface area (Å²) in [5.41, 5.74) is 7.58. The maximum Gasteiger partial charge on any atom is 0.246 e. The maximum atomic E-state index is 14.5. The third kappa shape index (κ3) is 8.05. The predicted molar refractivity (Wildman–Crippen MR) is 224 cm³/mol. The van der Waals surface area contributed by atoms with E-state index in [0.29, 0.717) is 16.7 Å². The summed E-state index contributed by atoms with van der Waals surface area (Å²) in [6.45, 7) is 15.4. The van der Waals surface area contributed by atoms with Gasteiger partial charge in [0.15, 0.2) is 5.82 Å². The highest BCUT2D eigenvalue weighted by molar-refractivity contribution is 7.15. The van der Waals surface area contributed by atoms with Crippen molar-refractivity contribution in [2.75, 3.05) is 6.54 Å². The van der Waals surface area contributed by atoms with E-state index in [2.05, 4.69) is 39.7 Å². The van der Waals surface area contributed by atoms with Crippen molar-refractivity contribution in [3.05, 3.63) is 104 Å². The fourth-order valence-electron chi connectivity index (χ4n) is 7.54. The monoisotopic (exact) mass is 826 g/mol. The number of thiophene rings is 1. The van der Waals surface area contributed by atoms with Gasteiger partial charge in [0.1, 0.15) is 29.0 Å². The van der Waals surface area contributed by atoms with Crippen molar-refractivity contribution in [3.8, 4) is 15.4 Å². The summed E-state index contributed by atoms with van der Waals surface area (Å²) >= 11 is 9.47. The standard InChI is InChI=1S/C42H47ClN8O4S2/c1-21-24(4)57-41-34(21)35(27-13-15-29(43)16-14-27)46-31(38-49-48-25(5)51(38)41)18-33(53)47-37(42(6,7)8)40(55)50-19-30(52)17-32(50)39(54)45-22(2)26-9-11-28(12-10-26)36-23(3)44-20-56-36/h9-16,20,22,30-32,37,52H,17-19H2,1-8H3,(H,45,54)(H,47,53)/t22-,30+,31-,32-,37+/m0/s1. The molecule has 5 heterocycles. The zero-order valence-electron chi connectivity index (χ0n) is 33.3. The first-order valence-corrected chi connectivity index (χ1v) is 21.0. The van der Waals surface area contributed by atoms with Gasteiger partial charge in [-0.05, 0) is 68.9 Å². The summed E-state index contributed by atoms with van der Waals surface area (Å²) in [6, 6.07) is 12.4. The molecule has 57 heavy (non-hydrogen) atoms. The number of thiazole rings is 1. The molecule has 5 atom stereocenters. The minimum absolute atomic E-state index is 0.0302. The molecule has 0 saturated carbocycles. The first kappa shape index (κ1) is 40.4. The third-order valence-corrected chi connectivity index (χ3v) is 13.2. The quantitative estimate of drug-likeness (QED) is 0.145. The molecule has 3 N–H and O–H groups in total. The molecule has 15 heteroatoms. The number of amides is 3. The van der Waals surface area contributed by atoms with Gasteiger partial charge in [0.2, 0.25) is 17.7 Å². The first-order chi connectivity index (χ1) is 27.0. The Balaban J connectivity index is 1.11. The second-order valence-corrected chi connectivity index (χ2v) is 18.5. The van der Waals surface area contributed by atoms with Gasteiger partial charge in [-0.1, -0.05) is 68.8 Å². The van der Waals surface area contributed by atoms with Crippen molar-refractivity contribution in [1.82, 2.24) is 35.3 Å². The van der Waals surface area contributed by atoms with Crippen LogP contribution >= 0.6 is 34.3 Å². The van der Waals surface area contributed by atoms with Gasteiger partial charge in [0.05, 0.1) is 40.4 Å². The zero-order chi connectivity index (χ0) is 40.9. The molecule has 3 aromatic heterocycles. The van der Waals surface area contributed by atoms with Crippen LogP contribution in [0.25, 0.3) is 15.4 Å². The van der Waals surface area contributed by atoms with Crippen molar-refractivity contribution in [2.45, 2.75) is 98.5 Å². The fraction of sp³-hybridized carbons (Fsp3) is 0.405. The van der Waals surface area contributed by atoms with E-state index in [-0.39, 0.29) is 31.3 Å². The fourth-order valence-corrected chi connectivity index (χ4v) is 9.70. The number of nitrogens with one attached hydrogen (secondary N) is 2. The highest BCUT2D eigenvalue weighted by Crippen LogP contribution is 2.40. The molecule has 2 aliphatic rings. The van der Waals surface area contributed by atoms with Crippen LogP contribution in [0.15, 0.2) is 59.0 Å². The van der Waals surface area contributed by atoms with Crippen molar-refractivity contribution in [3.63, 3.8) is 0 Å². The van der Waals surface area contributed by atoms with Gasteiger partial charge in [0, 0.05) is 34.0 Å². The third-order valence-electron chi connectivity index (χ3n) is 10.8. The molecular weight excluding hydrogens is 780 g/mol. The van der Waals surface area contributed by atoms with Crippen molar-refractivity contribution >= 4 is 57.7 Å². The Bertz CT molecular complexity index is 2360. The Labute approximate surface area is 345 Å². The molecule has 3 amide bonds. The number of aliphatic hydroxyl groups is 1. The Morgan fingerprint density at radius 2 is 1.67 bits per heavy atom. The average molecular weight is 827 g/mol. The number of nitrogens with zero attached hydrogens (tertiary/aromatic N) is 6. The highest BCUT2D eigenvalue weighted by Gasteiger charge is 2.45. The Kier molecular flexibility index (Phi) is 11.3. The number of hydrogen-bond acceptors (Lipinski definition) is 10. The Hall–Kier alpha value is -4.76. The number of aliphatic imine (C=N–C) groups is 1. The molecule has 0 bridgehead atoms.